The van der Waals surface area contributed by atoms with E-state index in [1.165, 1.54) is 24.5 Å². The molecule has 1 aliphatic rings. The maximum atomic E-state index is 15.9. The summed E-state index contributed by atoms with van der Waals surface area (Å²) in [7, 11) is 1.45. The van der Waals surface area contributed by atoms with Crippen LogP contribution in [0.5, 0.6) is 5.75 Å². The highest BCUT2D eigenvalue weighted by Gasteiger charge is 2.32. The zero-order valence-electron chi connectivity index (χ0n) is 19.6. The van der Waals surface area contributed by atoms with Crippen molar-refractivity contribution in [2.75, 3.05) is 12.4 Å². The second-order valence-corrected chi connectivity index (χ2v) is 10.2. The number of hydrogen-bond acceptors (Lipinski definition) is 7. The Morgan fingerprint density at radius 1 is 1.30 bits per heavy atom. The van der Waals surface area contributed by atoms with Gasteiger partial charge in [-0.05, 0) is 54.0 Å². The Morgan fingerprint density at radius 2 is 2.11 bits per heavy atom. The van der Waals surface area contributed by atoms with Crippen LogP contribution in [0.4, 0.5) is 10.2 Å². The maximum Gasteiger partial charge on any atom is 0.283 e. The van der Waals surface area contributed by atoms with E-state index in [0.29, 0.717) is 39.5 Å². The number of para-hydroxylation sites is 1. The third-order valence-electron chi connectivity index (χ3n) is 6.12. The van der Waals surface area contributed by atoms with Gasteiger partial charge in [-0.2, -0.15) is 9.78 Å². The SMILES string of the molecule is COc1ccccc1C(=O)n1nc(-c2ccc3c(c2)CC=CC3(O)C=O)c(F)c1NCc1ccc(Cl)s1. The number of rotatable bonds is 7. The average Bonchev–Trinajstić information content (AvgIpc) is 3.49. The number of halogens is 2. The molecular formula is C27H21ClFN3O4S. The smallest absolute Gasteiger partial charge is 0.283 e. The number of aldehydes is 1. The molecule has 0 spiro atoms. The first-order chi connectivity index (χ1) is 17.8. The third kappa shape index (κ3) is 4.57. The summed E-state index contributed by atoms with van der Waals surface area (Å²) >= 11 is 7.37. The summed E-state index contributed by atoms with van der Waals surface area (Å²) in [6, 6.07) is 15.0. The Balaban J connectivity index is 1.60. The molecule has 10 heteroatoms. The minimum atomic E-state index is -1.74. The molecule has 1 atom stereocenters. The van der Waals surface area contributed by atoms with Crippen LogP contribution in [0, 0.1) is 5.82 Å². The van der Waals surface area contributed by atoms with Gasteiger partial charge in [0.15, 0.2) is 23.5 Å². The van der Waals surface area contributed by atoms with Crippen molar-refractivity contribution in [2.24, 2.45) is 0 Å². The zero-order valence-corrected chi connectivity index (χ0v) is 21.1. The van der Waals surface area contributed by atoms with E-state index in [1.807, 2.05) is 6.07 Å². The quantitative estimate of drug-likeness (QED) is 0.248. The molecule has 0 saturated carbocycles. The lowest BCUT2D eigenvalue weighted by atomic mass is 9.84. The van der Waals surface area contributed by atoms with Gasteiger partial charge in [0.05, 0.1) is 23.6 Å². The van der Waals surface area contributed by atoms with Crippen LogP contribution in [0.2, 0.25) is 4.34 Å². The molecule has 0 bridgehead atoms. The number of benzene rings is 2. The van der Waals surface area contributed by atoms with Crippen molar-refractivity contribution in [1.29, 1.82) is 0 Å². The number of aromatic nitrogens is 2. The van der Waals surface area contributed by atoms with Crippen LogP contribution in [0.15, 0.2) is 66.7 Å². The van der Waals surface area contributed by atoms with Crippen LogP contribution >= 0.6 is 22.9 Å². The number of anilines is 1. The predicted molar refractivity (Wildman–Crippen MR) is 140 cm³/mol. The Morgan fingerprint density at radius 3 is 2.84 bits per heavy atom. The molecule has 0 radical (unpaired) electrons. The van der Waals surface area contributed by atoms with Gasteiger partial charge in [0.2, 0.25) is 0 Å². The van der Waals surface area contributed by atoms with Gasteiger partial charge < -0.3 is 15.2 Å². The van der Waals surface area contributed by atoms with E-state index >= 15 is 4.39 Å². The van der Waals surface area contributed by atoms with Gasteiger partial charge in [-0.25, -0.2) is 4.39 Å². The highest BCUT2D eigenvalue weighted by atomic mass is 35.5. The molecule has 2 N–H and O–H groups in total. The largest absolute Gasteiger partial charge is 0.496 e. The van der Waals surface area contributed by atoms with E-state index in [1.54, 1.807) is 54.6 Å². The Bertz CT molecular complexity index is 1550. The van der Waals surface area contributed by atoms with Crippen LogP contribution in [-0.4, -0.2) is 34.2 Å². The van der Waals surface area contributed by atoms with Gasteiger partial charge >= 0.3 is 0 Å². The Labute approximate surface area is 220 Å². The lowest BCUT2D eigenvalue weighted by Crippen LogP contribution is -2.28. The van der Waals surface area contributed by atoms with Crippen LogP contribution < -0.4 is 10.1 Å². The maximum absolute atomic E-state index is 15.9. The second kappa shape index (κ2) is 9.93. The number of nitrogens with zero attached hydrogens (tertiary/aromatic N) is 2. The molecular weight excluding hydrogens is 517 g/mol. The van der Waals surface area contributed by atoms with Gasteiger partial charge in [-0.1, -0.05) is 41.9 Å². The molecule has 5 rings (SSSR count). The molecule has 1 aliphatic carbocycles. The molecule has 0 saturated heterocycles. The van der Waals surface area contributed by atoms with E-state index in [4.69, 9.17) is 16.3 Å². The van der Waals surface area contributed by atoms with Crippen molar-refractivity contribution in [3.8, 4) is 17.0 Å². The molecule has 2 aromatic heterocycles. The molecule has 2 heterocycles. The highest BCUT2D eigenvalue weighted by Crippen LogP contribution is 2.35. The van der Waals surface area contributed by atoms with Gasteiger partial charge in [0.25, 0.3) is 5.91 Å². The number of aliphatic hydroxyl groups is 1. The minimum absolute atomic E-state index is 0.0537. The topological polar surface area (TPSA) is 93.5 Å². The first kappa shape index (κ1) is 24.9. The molecule has 0 fully saturated rings. The fourth-order valence-electron chi connectivity index (χ4n) is 4.29. The van der Waals surface area contributed by atoms with Crippen molar-refractivity contribution < 1.29 is 23.8 Å². The number of allylic oxidation sites excluding steroid dienone is 1. The number of hydrogen-bond donors (Lipinski definition) is 2. The molecule has 0 amide bonds. The van der Waals surface area contributed by atoms with Gasteiger partial charge in [0, 0.05) is 10.4 Å². The standard InChI is InChI=1S/C27H21ClFN3O4S/c1-36-21-7-3-2-6-19(21)26(34)32-25(30-14-18-9-11-22(28)37-18)23(29)24(31-32)17-8-10-20-16(13-17)5-4-12-27(20,35)15-33/h2-4,6-13,15,30,35H,5,14H2,1H3. The third-order valence-corrected chi connectivity index (χ3v) is 7.35. The summed E-state index contributed by atoms with van der Waals surface area (Å²) in [5, 5.41) is 17.9. The summed E-state index contributed by atoms with van der Waals surface area (Å²) in [5.41, 5.74) is -0.101. The molecule has 37 heavy (non-hydrogen) atoms. The van der Waals surface area contributed by atoms with Crippen LogP contribution in [0.1, 0.15) is 26.4 Å². The molecule has 188 valence electrons. The normalized spacial score (nSPS) is 16.3. The Hall–Kier alpha value is -3.79. The number of thiophene rings is 1. The average molecular weight is 538 g/mol. The molecule has 0 aliphatic heterocycles. The minimum Gasteiger partial charge on any atom is -0.496 e. The summed E-state index contributed by atoms with van der Waals surface area (Å²) in [6.07, 6.45) is 4.02. The number of carbonyl (C=O) groups is 2. The van der Waals surface area contributed by atoms with Crippen LogP contribution in [0.25, 0.3) is 11.3 Å². The van der Waals surface area contributed by atoms with Crippen molar-refractivity contribution in [3.05, 3.63) is 98.5 Å². The Kier molecular flexibility index (Phi) is 6.68. The number of carbonyl (C=O) groups excluding carboxylic acids is 2. The first-order valence-electron chi connectivity index (χ1n) is 11.3. The van der Waals surface area contributed by atoms with Gasteiger partial charge in [0.1, 0.15) is 11.4 Å². The van der Waals surface area contributed by atoms with Crippen molar-refractivity contribution in [1.82, 2.24) is 9.78 Å². The zero-order chi connectivity index (χ0) is 26.2. The van der Waals surface area contributed by atoms with Crippen LogP contribution in [-0.2, 0) is 23.4 Å². The molecule has 1 unspecified atom stereocenters. The molecule has 4 aromatic rings. The van der Waals surface area contributed by atoms with Crippen molar-refractivity contribution in [2.45, 2.75) is 18.6 Å². The van der Waals surface area contributed by atoms with E-state index < -0.39 is 17.3 Å². The van der Waals surface area contributed by atoms with Crippen LogP contribution in [0.3, 0.4) is 0 Å². The summed E-state index contributed by atoms with van der Waals surface area (Å²) in [5.74, 6) is -1.08. The number of nitrogens with one attached hydrogen (secondary N) is 1. The summed E-state index contributed by atoms with van der Waals surface area (Å²) < 4.78 is 22.8. The monoisotopic (exact) mass is 537 g/mol. The number of fused-ring (bicyclic) bond motifs is 1. The number of ether oxygens (including phenoxy) is 1. The molecule has 7 nitrogen and oxygen atoms in total. The van der Waals surface area contributed by atoms with E-state index in [0.717, 1.165) is 9.56 Å². The molecule has 2 aromatic carbocycles. The van der Waals surface area contributed by atoms with E-state index in [-0.39, 0.29) is 23.6 Å². The fourth-order valence-corrected chi connectivity index (χ4v) is 5.32. The van der Waals surface area contributed by atoms with E-state index in [9.17, 15) is 14.7 Å². The van der Waals surface area contributed by atoms with E-state index in [2.05, 4.69) is 10.4 Å². The predicted octanol–water partition coefficient (Wildman–Crippen LogP) is 5.21. The van der Waals surface area contributed by atoms with Gasteiger partial charge in [-0.3, -0.25) is 9.59 Å². The summed E-state index contributed by atoms with van der Waals surface area (Å²) in [6.45, 7) is 0.222. The summed E-state index contributed by atoms with van der Waals surface area (Å²) in [4.78, 5) is 25.9. The number of methoxy groups -OCH3 is 1. The lowest BCUT2D eigenvalue weighted by molar-refractivity contribution is -0.120. The van der Waals surface area contributed by atoms with Crippen molar-refractivity contribution >= 4 is 40.9 Å². The van der Waals surface area contributed by atoms with Gasteiger partial charge in [-0.15, -0.1) is 11.3 Å². The second-order valence-electron chi connectivity index (χ2n) is 8.41. The fraction of sp³-hybridized carbons (Fsp3) is 0.148. The van der Waals surface area contributed by atoms with Crippen molar-refractivity contribution in [3.63, 3.8) is 0 Å². The highest BCUT2D eigenvalue weighted by molar-refractivity contribution is 7.16. The lowest BCUT2D eigenvalue weighted by Gasteiger charge is -2.25. The first-order valence-corrected chi connectivity index (χ1v) is 12.5.